The Balaban J connectivity index is 2.97. The molecule has 0 fully saturated rings. The van der Waals surface area contributed by atoms with Crippen molar-refractivity contribution in [3.63, 3.8) is 0 Å². The summed E-state index contributed by atoms with van der Waals surface area (Å²) < 4.78 is 5.36. The van der Waals surface area contributed by atoms with E-state index in [1.807, 2.05) is 27.9 Å². The van der Waals surface area contributed by atoms with Gasteiger partial charge in [-0.15, -0.1) is 0 Å². The van der Waals surface area contributed by atoms with Crippen LogP contribution in [0.2, 0.25) is 0 Å². The predicted molar refractivity (Wildman–Crippen MR) is 74.3 cm³/mol. The minimum absolute atomic E-state index is 0.151. The number of hydrogen-bond acceptors (Lipinski definition) is 5. The Morgan fingerprint density at radius 3 is 2.74 bits per heavy atom. The molecule has 1 aromatic rings. The zero-order valence-electron chi connectivity index (χ0n) is 12.1. The summed E-state index contributed by atoms with van der Waals surface area (Å²) in [6, 6.07) is 0. The molecule has 0 radical (unpaired) electrons. The first-order chi connectivity index (χ1) is 9.10. The molecular formula is C13H22N4O2. The number of nitrogens with one attached hydrogen (secondary N) is 1. The first-order valence-electron chi connectivity index (χ1n) is 6.49. The summed E-state index contributed by atoms with van der Waals surface area (Å²) in [5.74, 6) is 0.420. The number of ether oxygens (including phenoxy) is 1. The maximum absolute atomic E-state index is 12.0. The smallest absolute Gasteiger partial charge is 0.254 e. The molecule has 1 amide bonds. The highest BCUT2D eigenvalue weighted by Crippen LogP contribution is 2.11. The fraction of sp³-hybridized carbons (Fsp3) is 0.615. The van der Waals surface area contributed by atoms with E-state index in [0.717, 1.165) is 6.42 Å². The predicted octanol–water partition coefficient (Wildman–Crippen LogP) is 1.22. The Kier molecular flexibility index (Phi) is 6.21. The highest BCUT2D eigenvalue weighted by atomic mass is 16.5. The summed E-state index contributed by atoms with van der Waals surface area (Å²) in [6.45, 7) is 5.45. The van der Waals surface area contributed by atoms with Crippen LogP contribution in [0.1, 0.15) is 36.3 Å². The fourth-order valence-corrected chi connectivity index (χ4v) is 1.45. The molecule has 0 aliphatic carbocycles. The first kappa shape index (κ1) is 15.4. The van der Waals surface area contributed by atoms with E-state index in [-0.39, 0.29) is 5.91 Å². The van der Waals surface area contributed by atoms with Crippen molar-refractivity contribution in [2.75, 3.05) is 32.1 Å². The molecule has 0 aliphatic rings. The van der Waals surface area contributed by atoms with Crippen LogP contribution in [0.4, 0.5) is 5.95 Å². The lowest BCUT2D eigenvalue weighted by molar-refractivity contribution is 0.0941. The molecule has 0 unspecified atom stereocenters. The van der Waals surface area contributed by atoms with Crippen LogP contribution in [0.25, 0.3) is 0 Å². The van der Waals surface area contributed by atoms with E-state index >= 15 is 0 Å². The monoisotopic (exact) mass is 266 g/mol. The lowest BCUT2D eigenvalue weighted by Gasteiger charge is -2.14. The van der Waals surface area contributed by atoms with Crippen molar-refractivity contribution < 1.29 is 9.53 Å². The summed E-state index contributed by atoms with van der Waals surface area (Å²) in [5.41, 5.74) is 1.10. The van der Waals surface area contributed by atoms with Gasteiger partial charge in [-0.3, -0.25) is 4.79 Å². The molecular weight excluding hydrogens is 244 g/mol. The molecule has 6 nitrogen and oxygen atoms in total. The molecule has 1 N–H and O–H groups in total. The molecule has 1 aromatic heterocycles. The van der Waals surface area contributed by atoms with Crippen LogP contribution >= 0.6 is 0 Å². The molecule has 0 bridgehead atoms. The van der Waals surface area contributed by atoms with Crippen LogP contribution < -0.4 is 10.2 Å². The quantitative estimate of drug-likeness (QED) is 0.803. The van der Waals surface area contributed by atoms with Crippen LogP contribution in [-0.2, 0) is 11.3 Å². The van der Waals surface area contributed by atoms with Crippen molar-refractivity contribution in [3.05, 3.63) is 17.5 Å². The Bertz CT molecular complexity index is 421. The van der Waals surface area contributed by atoms with Gasteiger partial charge in [0.15, 0.2) is 0 Å². The molecule has 6 heteroatoms. The van der Waals surface area contributed by atoms with Gasteiger partial charge in [-0.1, -0.05) is 6.92 Å². The Morgan fingerprint density at radius 1 is 1.42 bits per heavy atom. The standard InChI is InChI=1S/C13H22N4O2/c1-5-7-14-12(18)10-8-15-13(17(3)4)16-11(10)9-19-6-2/h8H,5-7,9H2,1-4H3,(H,14,18). The van der Waals surface area contributed by atoms with E-state index in [4.69, 9.17) is 4.74 Å². The lowest BCUT2D eigenvalue weighted by atomic mass is 10.2. The van der Waals surface area contributed by atoms with Gasteiger partial charge >= 0.3 is 0 Å². The van der Waals surface area contributed by atoms with Gasteiger partial charge in [0.1, 0.15) is 0 Å². The van der Waals surface area contributed by atoms with Crippen LogP contribution in [0.3, 0.4) is 0 Å². The van der Waals surface area contributed by atoms with E-state index in [1.54, 1.807) is 11.1 Å². The number of amides is 1. The van der Waals surface area contributed by atoms with Crippen molar-refractivity contribution >= 4 is 11.9 Å². The van der Waals surface area contributed by atoms with Crippen LogP contribution in [0.15, 0.2) is 6.20 Å². The van der Waals surface area contributed by atoms with Gasteiger partial charge in [0.05, 0.1) is 17.9 Å². The van der Waals surface area contributed by atoms with Gasteiger partial charge in [-0.2, -0.15) is 0 Å². The summed E-state index contributed by atoms with van der Waals surface area (Å²) in [5, 5.41) is 2.83. The van der Waals surface area contributed by atoms with Crippen molar-refractivity contribution in [2.45, 2.75) is 26.9 Å². The maximum atomic E-state index is 12.0. The normalized spacial score (nSPS) is 10.3. The van der Waals surface area contributed by atoms with Crippen LogP contribution in [0.5, 0.6) is 0 Å². The van der Waals surface area contributed by atoms with Gasteiger partial charge < -0.3 is 15.0 Å². The van der Waals surface area contributed by atoms with Crippen molar-refractivity contribution in [3.8, 4) is 0 Å². The van der Waals surface area contributed by atoms with E-state index < -0.39 is 0 Å². The van der Waals surface area contributed by atoms with E-state index in [0.29, 0.717) is 37.0 Å². The minimum Gasteiger partial charge on any atom is -0.375 e. The molecule has 1 heterocycles. The second-order valence-corrected chi connectivity index (χ2v) is 4.32. The summed E-state index contributed by atoms with van der Waals surface area (Å²) in [7, 11) is 3.72. The number of aromatic nitrogens is 2. The highest BCUT2D eigenvalue weighted by molar-refractivity contribution is 5.95. The third-order valence-corrected chi connectivity index (χ3v) is 2.48. The highest BCUT2D eigenvalue weighted by Gasteiger charge is 2.15. The molecule has 0 saturated carbocycles. The Hall–Kier alpha value is -1.69. The Morgan fingerprint density at radius 2 is 2.16 bits per heavy atom. The first-order valence-corrected chi connectivity index (χ1v) is 6.49. The number of carbonyl (C=O) groups is 1. The van der Waals surface area contributed by atoms with E-state index in [9.17, 15) is 4.79 Å². The minimum atomic E-state index is -0.151. The number of anilines is 1. The lowest BCUT2D eigenvalue weighted by Crippen LogP contribution is -2.26. The molecule has 19 heavy (non-hydrogen) atoms. The third kappa shape index (κ3) is 4.48. The topological polar surface area (TPSA) is 67.4 Å². The van der Waals surface area contributed by atoms with E-state index in [2.05, 4.69) is 15.3 Å². The van der Waals surface area contributed by atoms with Crippen molar-refractivity contribution in [1.29, 1.82) is 0 Å². The fourth-order valence-electron chi connectivity index (χ4n) is 1.45. The number of carbonyl (C=O) groups excluding carboxylic acids is 1. The largest absolute Gasteiger partial charge is 0.375 e. The summed E-state index contributed by atoms with van der Waals surface area (Å²) in [6.07, 6.45) is 2.45. The second kappa shape index (κ2) is 7.68. The van der Waals surface area contributed by atoms with Crippen molar-refractivity contribution in [2.24, 2.45) is 0 Å². The number of rotatable bonds is 7. The van der Waals surface area contributed by atoms with Crippen LogP contribution in [0, 0.1) is 0 Å². The maximum Gasteiger partial charge on any atom is 0.254 e. The zero-order valence-corrected chi connectivity index (χ0v) is 12.1. The molecule has 0 saturated heterocycles. The molecule has 1 rings (SSSR count). The molecule has 106 valence electrons. The summed E-state index contributed by atoms with van der Waals surface area (Å²) >= 11 is 0. The average molecular weight is 266 g/mol. The van der Waals surface area contributed by atoms with Crippen LogP contribution in [-0.4, -0.2) is 43.1 Å². The Labute approximate surface area is 114 Å². The van der Waals surface area contributed by atoms with Gasteiger partial charge in [-0.25, -0.2) is 9.97 Å². The molecule has 0 atom stereocenters. The van der Waals surface area contributed by atoms with E-state index in [1.165, 1.54) is 0 Å². The van der Waals surface area contributed by atoms with Gasteiger partial charge in [0, 0.05) is 33.4 Å². The molecule has 0 aromatic carbocycles. The third-order valence-electron chi connectivity index (χ3n) is 2.48. The zero-order chi connectivity index (χ0) is 14.3. The second-order valence-electron chi connectivity index (χ2n) is 4.32. The molecule has 0 spiro atoms. The SMILES string of the molecule is CCCNC(=O)c1cnc(N(C)C)nc1COCC. The number of hydrogen-bond donors (Lipinski definition) is 1. The summed E-state index contributed by atoms with van der Waals surface area (Å²) in [4.78, 5) is 22.3. The van der Waals surface area contributed by atoms with Crippen molar-refractivity contribution in [1.82, 2.24) is 15.3 Å². The number of nitrogens with zero attached hydrogens (tertiary/aromatic N) is 3. The van der Waals surface area contributed by atoms with Gasteiger partial charge in [0.25, 0.3) is 5.91 Å². The molecule has 0 aliphatic heterocycles. The average Bonchev–Trinajstić information content (AvgIpc) is 2.42. The van der Waals surface area contributed by atoms with Gasteiger partial charge in [-0.05, 0) is 13.3 Å². The van der Waals surface area contributed by atoms with Gasteiger partial charge in [0.2, 0.25) is 5.95 Å².